The largest absolute Gasteiger partial charge is 0.491 e. The van der Waals surface area contributed by atoms with Crippen molar-refractivity contribution in [1.29, 1.82) is 0 Å². The Bertz CT molecular complexity index is 1660. The quantitative estimate of drug-likeness (QED) is 0.0459. The second-order valence-corrected chi connectivity index (χ2v) is 12.1. The van der Waals surface area contributed by atoms with E-state index in [2.05, 4.69) is 36.8 Å². The smallest absolute Gasteiger partial charge is 0.412 e. The number of amides is 1. The van der Waals surface area contributed by atoms with Crippen molar-refractivity contribution in [2.45, 2.75) is 70.8 Å². The zero-order valence-corrected chi connectivity index (χ0v) is 27.1. The minimum Gasteiger partial charge on any atom is -0.491 e. The number of nitrogens with one attached hydrogen (secondary N) is 2. The molecule has 10 nitrogen and oxygen atoms in total. The molecule has 0 bridgehead atoms. The third kappa shape index (κ3) is 8.84. The van der Waals surface area contributed by atoms with Gasteiger partial charge in [0.05, 0.1) is 13.2 Å². The predicted octanol–water partition coefficient (Wildman–Crippen LogP) is 6.90. The van der Waals surface area contributed by atoms with Crippen molar-refractivity contribution in [2.24, 2.45) is 0 Å². The van der Waals surface area contributed by atoms with Crippen molar-refractivity contribution in [3.8, 4) is 23.0 Å². The first-order valence-electron chi connectivity index (χ1n) is 16.7. The second kappa shape index (κ2) is 15.7. The fraction of sp³-hybridized carbons (Fsp3) is 0.432. The van der Waals surface area contributed by atoms with Crippen molar-refractivity contribution in [1.82, 2.24) is 10.8 Å². The molecular weight excluding hydrogens is 600 g/mol. The number of carbonyl (C=O) groups is 1. The third-order valence-corrected chi connectivity index (χ3v) is 8.39. The van der Waals surface area contributed by atoms with Crippen molar-refractivity contribution in [3.05, 3.63) is 71.8 Å². The molecule has 250 valence electrons. The molecule has 3 N–H and O–H groups in total. The summed E-state index contributed by atoms with van der Waals surface area (Å²) in [7, 11) is 0. The van der Waals surface area contributed by atoms with Crippen LogP contribution in [0.1, 0.15) is 57.1 Å². The number of hydrogen-bond acceptors (Lipinski definition) is 9. The number of fused-ring (bicyclic) bond motifs is 2. The standard InChI is InChI=1S/C37H44N2O8/c1-3-5-7-36(39-41)47-35-15-11-25-9-13-27(46-37(40)38-16-6-4-2)18-31(25)33(35)19-32-30-17-26(42-20-28-21-43-28)12-8-24(30)10-14-34(32)45-23-29-22-44-29/h8-15,17-18,28-29,36,39,41H,3-7,16,19-23H2,1-2H3,(H,38,40). The summed E-state index contributed by atoms with van der Waals surface area (Å²) in [5.41, 5.74) is 4.16. The lowest BCUT2D eigenvalue weighted by atomic mass is 9.93. The molecule has 0 saturated carbocycles. The minimum absolute atomic E-state index is 0.0846. The maximum atomic E-state index is 12.6. The average molecular weight is 645 g/mol. The summed E-state index contributed by atoms with van der Waals surface area (Å²) >= 11 is 0. The van der Waals surface area contributed by atoms with E-state index >= 15 is 0 Å². The SMILES string of the molecule is CCCCNC(=O)Oc1ccc2ccc(OC(CCCC)NO)c(Cc3c(OCC4CO4)ccc4ccc(OCC5CO5)cc34)c2c1. The van der Waals surface area contributed by atoms with E-state index in [1.54, 1.807) is 6.07 Å². The van der Waals surface area contributed by atoms with Gasteiger partial charge in [0.15, 0.2) is 6.23 Å². The molecule has 0 spiro atoms. The zero-order chi connectivity index (χ0) is 32.6. The molecule has 2 aliphatic heterocycles. The number of epoxide rings is 2. The van der Waals surface area contributed by atoms with Crippen molar-refractivity contribution < 1.29 is 38.4 Å². The maximum Gasteiger partial charge on any atom is 0.412 e. The first kappa shape index (κ1) is 32.8. The molecule has 0 radical (unpaired) electrons. The van der Waals surface area contributed by atoms with Gasteiger partial charge in [-0.05, 0) is 70.8 Å². The molecule has 4 aromatic rings. The Morgan fingerprint density at radius 1 is 0.830 bits per heavy atom. The number of carbonyl (C=O) groups excluding carboxylic acids is 1. The van der Waals surface area contributed by atoms with Crippen LogP contribution in [0.5, 0.6) is 23.0 Å². The van der Waals surface area contributed by atoms with Crippen LogP contribution in [0.2, 0.25) is 0 Å². The molecule has 2 saturated heterocycles. The second-order valence-electron chi connectivity index (χ2n) is 12.1. The van der Waals surface area contributed by atoms with Gasteiger partial charge < -0.3 is 38.9 Å². The van der Waals surface area contributed by atoms with Crippen LogP contribution in [0.15, 0.2) is 60.7 Å². The molecule has 6 rings (SSSR count). The van der Waals surface area contributed by atoms with E-state index in [0.29, 0.717) is 50.7 Å². The van der Waals surface area contributed by atoms with Gasteiger partial charge >= 0.3 is 6.09 Å². The average Bonchev–Trinajstić information content (AvgIpc) is 4.02. The van der Waals surface area contributed by atoms with E-state index in [1.165, 1.54) is 0 Å². The predicted molar refractivity (Wildman–Crippen MR) is 179 cm³/mol. The van der Waals surface area contributed by atoms with Gasteiger partial charge in [0, 0.05) is 30.5 Å². The number of ether oxygens (including phenoxy) is 6. The number of hydroxylamine groups is 1. The van der Waals surface area contributed by atoms with Gasteiger partial charge in [-0.15, -0.1) is 0 Å². The summed E-state index contributed by atoms with van der Waals surface area (Å²) in [6.45, 7) is 7.07. The zero-order valence-electron chi connectivity index (χ0n) is 27.1. The Morgan fingerprint density at radius 2 is 1.43 bits per heavy atom. The summed E-state index contributed by atoms with van der Waals surface area (Å²) in [5.74, 6) is 2.52. The summed E-state index contributed by atoms with van der Waals surface area (Å²) < 4.78 is 35.4. The van der Waals surface area contributed by atoms with E-state index in [9.17, 15) is 10.0 Å². The molecule has 3 unspecified atom stereocenters. The molecule has 2 heterocycles. The van der Waals surface area contributed by atoms with Gasteiger partial charge in [0.25, 0.3) is 0 Å². The number of rotatable bonds is 18. The van der Waals surface area contributed by atoms with Crippen molar-refractivity contribution in [2.75, 3.05) is 33.0 Å². The highest BCUT2D eigenvalue weighted by atomic mass is 16.6. The Balaban J connectivity index is 1.42. The van der Waals surface area contributed by atoms with Crippen LogP contribution in [-0.4, -0.2) is 62.7 Å². The summed E-state index contributed by atoms with van der Waals surface area (Å²) in [4.78, 5) is 12.6. The van der Waals surface area contributed by atoms with E-state index in [-0.39, 0.29) is 12.2 Å². The lowest BCUT2D eigenvalue weighted by molar-refractivity contribution is 0.0125. The van der Waals surface area contributed by atoms with Gasteiger partial charge in [0.1, 0.15) is 48.4 Å². The highest BCUT2D eigenvalue weighted by Gasteiger charge is 2.26. The molecule has 2 aliphatic rings. The van der Waals surface area contributed by atoms with Gasteiger partial charge in [0.2, 0.25) is 0 Å². The van der Waals surface area contributed by atoms with Crippen molar-refractivity contribution >= 4 is 27.6 Å². The number of benzene rings is 4. The van der Waals surface area contributed by atoms with Crippen LogP contribution >= 0.6 is 0 Å². The number of unbranched alkanes of at least 4 members (excludes halogenated alkanes) is 2. The maximum absolute atomic E-state index is 12.6. The first-order valence-corrected chi connectivity index (χ1v) is 16.7. The van der Waals surface area contributed by atoms with Crippen molar-refractivity contribution in [3.63, 3.8) is 0 Å². The molecule has 3 atom stereocenters. The fourth-order valence-corrected chi connectivity index (χ4v) is 5.53. The Hall–Kier alpha value is -4.09. The van der Waals surface area contributed by atoms with Crippen LogP contribution in [0.3, 0.4) is 0 Å². The Labute approximate surface area is 275 Å². The van der Waals surface area contributed by atoms with Crippen LogP contribution in [-0.2, 0) is 15.9 Å². The van der Waals surface area contributed by atoms with Gasteiger partial charge in [-0.3, -0.25) is 0 Å². The van der Waals surface area contributed by atoms with Gasteiger partial charge in [-0.2, -0.15) is 5.48 Å². The van der Waals surface area contributed by atoms with Crippen LogP contribution in [0.4, 0.5) is 4.79 Å². The van der Waals surface area contributed by atoms with E-state index in [1.807, 2.05) is 42.5 Å². The van der Waals surface area contributed by atoms with Gasteiger partial charge in [-0.25, -0.2) is 4.79 Å². The lowest BCUT2D eigenvalue weighted by Gasteiger charge is -2.22. The summed E-state index contributed by atoms with van der Waals surface area (Å²) in [6.07, 6.45) is 3.87. The Morgan fingerprint density at radius 3 is 2.09 bits per heavy atom. The molecule has 47 heavy (non-hydrogen) atoms. The molecule has 1 amide bonds. The van der Waals surface area contributed by atoms with Crippen LogP contribution < -0.4 is 29.7 Å². The normalized spacial score (nSPS) is 17.3. The van der Waals surface area contributed by atoms with E-state index in [4.69, 9.17) is 28.4 Å². The monoisotopic (exact) mass is 644 g/mol. The molecule has 10 heteroatoms. The highest BCUT2D eigenvalue weighted by molar-refractivity contribution is 5.93. The molecular formula is C37H44N2O8. The van der Waals surface area contributed by atoms with E-state index in [0.717, 1.165) is 76.5 Å². The Kier molecular flexibility index (Phi) is 10.9. The third-order valence-electron chi connectivity index (χ3n) is 8.39. The topological polar surface area (TPSA) is 123 Å². The van der Waals surface area contributed by atoms with Crippen LogP contribution in [0.25, 0.3) is 21.5 Å². The minimum atomic E-state index is -0.602. The van der Waals surface area contributed by atoms with Crippen LogP contribution in [0, 0.1) is 0 Å². The highest BCUT2D eigenvalue weighted by Crippen LogP contribution is 2.39. The lowest BCUT2D eigenvalue weighted by Crippen LogP contribution is -2.32. The molecule has 4 aromatic carbocycles. The molecule has 0 aliphatic carbocycles. The molecule has 0 aromatic heterocycles. The van der Waals surface area contributed by atoms with Gasteiger partial charge in [-0.1, -0.05) is 51.0 Å². The van der Waals surface area contributed by atoms with E-state index < -0.39 is 12.3 Å². The summed E-state index contributed by atoms with van der Waals surface area (Å²) in [5, 5.41) is 16.6. The fourth-order valence-electron chi connectivity index (χ4n) is 5.53. The first-order chi connectivity index (χ1) is 23.0. The summed E-state index contributed by atoms with van der Waals surface area (Å²) in [6, 6.07) is 19.6. The number of hydrogen-bond donors (Lipinski definition) is 3. The molecule has 2 fully saturated rings.